The molecule has 0 heterocycles. The average Bonchev–Trinajstić information content (AvgIpc) is 2.50. The molecule has 1 aliphatic carbocycles. The molecule has 2 unspecified atom stereocenters. The van der Waals surface area contributed by atoms with Crippen molar-refractivity contribution in [1.29, 1.82) is 0 Å². The van der Waals surface area contributed by atoms with Crippen molar-refractivity contribution in [3.05, 3.63) is 34.3 Å². The quantitative estimate of drug-likeness (QED) is 0.290. The van der Waals surface area contributed by atoms with Crippen LogP contribution in [0.15, 0.2) is 23.4 Å². The molecule has 21 heavy (non-hydrogen) atoms. The number of benzene rings is 1. The van der Waals surface area contributed by atoms with E-state index in [1.807, 2.05) is 6.07 Å². The van der Waals surface area contributed by atoms with Gasteiger partial charge in [0.05, 0.1) is 6.10 Å². The van der Waals surface area contributed by atoms with Crippen LogP contribution in [-0.4, -0.2) is 28.8 Å². The molecule has 0 aromatic heterocycles. The predicted octanol–water partition coefficient (Wildman–Crippen LogP) is 2.08. The van der Waals surface area contributed by atoms with Crippen molar-refractivity contribution in [3.8, 4) is 0 Å². The Kier molecular flexibility index (Phi) is 5.85. The first-order valence-corrected chi connectivity index (χ1v) is 7.64. The van der Waals surface area contributed by atoms with Crippen LogP contribution in [0.5, 0.6) is 0 Å². The van der Waals surface area contributed by atoms with Crippen molar-refractivity contribution in [2.45, 2.75) is 38.3 Å². The third kappa shape index (κ3) is 4.33. The molecule has 6 heteroatoms. The molecule has 5 N–H and O–H groups in total. The van der Waals surface area contributed by atoms with Crippen LogP contribution in [0.3, 0.4) is 0 Å². The first-order valence-electron chi connectivity index (χ1n) is 7.27. The summed E-state index contributed by atoms with van der Waals surface area (Å²) in [5.41, 5.74) is 7.07. The van der Waals surface area contributed by atoms with Crippen molar-refractivity contribution in [1.82, 2.24) is 5.32 Å². The second kappa shape index (κ2) is 7.64. The SMILES string of the molecule is N/C(=N/O)c1ccc(CNCC2CCCCC2O)c(Cl)c1. The van der Waals surface area contributed by atoms with Crippen molar-refractivity contribution >= 4 is 17.4 Å². The Morgan fingerprint density at radius 2 is 2.14 bits per heavy atom. The molecule has 0 radical (unpaired) electrons. The molecule has 2 rings (SSSR count). The lowest BCUT2D eigenvalue weighted by Crippen LogP contribution is -2.33. The first kappa shape index (κ1) is 16.1. The normalized spacial score (nSPS) is 23.2. The minimum absolute atomic E-state index is 0.0433. The smallest absolute Gasteiger partial charge is 0.170 e. The van der Waals surface area contributed by atoms with Crippen LogP contribution in [0, 0.1) is 5.92 Å². The maximum atomic E-state index is 9.93. The third-order valence-electron chi connectivity index (χ3n) is 4.05. The topological polar surface area (TPSA) is 90.9 Å². The van der Waals surface area contributed by atoms with Crippen LogP contribution in [-0.2, 0) is 6.54 Å². The monoisotopic (exact) mass is 311 g/mol. The van der Waals surface area contributed by atoms with Gasteiger partial charge < -0.3 is 21.4 Å². The third-order valence-corrected chi connectivity index (χ3v) is 4.40. The zero-order valence-corrected chi connectivity index (χ0v) is 12.7. The van der Waals surface area contributed by atoms with E-state index in [1.54, 1.807) is 12.1 Å². The molecule has 1 aromatic rings. The molecule has 0 bridgehead atoms. The molecule has 5 nitrogen and oxygen atoms in total. The van der Waals surface area contributed by atoms with Crippen LogP contribution in [0.25, 0.3) is 0 Å². The highest BCUT2D eigenvalue weighted by molar-refractivity contribution is 6.31. The molecule has 1 saturated carbocycles. The molecule has 116 valence electrons. The maximum absolute atomic E-state index is 9.93. The number of amidine groups is 1. The van der Waals surface area contributed by atoms with Gasteiger partial charge in [0.25, 0.3) is 0 Å². The van der Waals surface area contributed by atoms with Gasteiger partial charge in [0.1, 0.15) is 0 Å². The molecule has 0 saturated heterocycles. The number of hydrogen-bond acceptors (Lipinski definition) is 4. The van der Waals surface area contributed by atoms with Crippen LogP contribution < -0.4 is 11.1 Å². The summed E-state index contributed by atoms with van der Waals surface area (Å²) in [5.74, 6) is 0.371. The van der Waals surface area contributed by atoms with E-state index in [0.717, 1.165) is 31.4 Å². The number of halogens is 1. The molecular weight excluding hydrogens is 290 g/mol. The second-order valence-electron chi connectivity index (χ2n) is 5.53. The fourth-order valence-electron chi connectivity index (χ4n) is 2.73. The Morgan fingerprint density at radius 1 is 1.38 bits per heavy atom. The standard InChI is InChI=1S/C15H22ClN3O2/c16-13-7-10(15(17)19-21)5-6-11(13)8-18-9-12-3-1-2-4-14(12)20/h5-7,12,14,18,20-21H,1-4,8-9H2,(H2,17,19). The Hall–Kier alpha value is -1.30. The van der Waals surface area contributed by atoms with E-state index in [1.165, 1.54) is 6.42 Å². The number of aliphatic hydroxyl groups is 1. The number of rotatable bonds is 5. The van der Waals surface area contributed by atoms with E-state index in [4.69, 9.17) is 22.5 Å². The Labute approximate surface area is 129 Å². The summed E-state index contributed by atoms with van der Waals surface area (Å²) in [6.07, 6.45) is 4.10. The molecule has 1 aliphatic rings. The van der Waals surface area contributed by atoms with Gasteiger partial charge in [0.2, 0.25) is 0 Å². The highest BCUT2D eigenvalue weighted by Crippen LogP contribution is 2.24. The molecule has 0 spiro atoms. The van der Waals surface area contributed by atoms with E-state index < -0.39 is 0 Å². The van der Waals surface area contributed by atoms with E-state index in [0.29, 0.717) is 23.0 Å². The lowest BCUT2D eigenvalue weighted by Gasteiger charge is -2.27. The average molecular weight is 312 g/mol. The summed E-state index contributed by atoms with van der Waals surface area (Å²) in [6.45, 7) is 1.43. The summed E-state index contributed by atoms with van der Waals surface area (Å²) < 4.78 is 0. The fraction of sp³-hybridized carbons (Fsp3) is 0.533. The fourth-order valence-corrected chi connectivity index (χ4v) is 2.97. The van der Waals surface area contributed by atoms with Crippen LogP contribution >= 0.6 is 11.6 Å². The lowest BCUT2D eigenvalue weighted by molar-refractivity contribution is 0.0695. The molecule has 1 aromatic carbocycles. The summed E-state index contributed by atoms with van der Waals surface area (Å²) in [5, 5.41) is 25.5. The minimum atomic E-state index is -0.190. The van der Waals surface area contributed by atoms with E-state index in [-0.39, 0.29) is 11.9 Å². The minimum Gasteiger partial charge on any atom is -0.409 e. The molecular formula is C15H22ClN3O2. The molecule has 0 aliphatic heterocycles. The van der Waals surface area contributed by atoms with Gasteiger partial charge in [-0.2, -0.15) is 0 Å². The van der Waals surface area contributed by atoms with Gasteiger partial charge in [-0.3, -0.25) is 0 Å². The van der Waals surface area contributed by atoms with E-state index >= 15 is 0 Å². The van der Waals surface area contributed by atoms with Crippen LogP contribution in [0.2, 0.25) is 5.02 Å². The van der Waals surface area contributed by atoms with Gasteiger partial charge >= 0.3 is 0 Å². The van der Waals surface area contributed by atoms with Gasteiger partial charge in [-0.15, -0.1) is 0 Å². The van der Waals surface area contributed by atoms with E-state index in [2.05, 4.69) is 10.5 Å². The largest absolute Gasteiger partial charge is 0.409 e. The second-order valence-corrected chi connectivity index (χ2v) is 5.94. The van der Waals surface area contributed by atoms with Crippen molar-refractivity contribution in [2.24, 2.45) is 16.8 Å². The van der Waals surface area contributed by atoms with Gasteiger partial charge in [0, 0.05) is 23.7 Å². The van der Waals surface area contributed by atoms with Crippen molar-refractivity contribution < 1.29 is 10.3 Å². The summed E-state index contributed by atoms with van der Waals surface area (Å²) in [6, 6.07) is 5.32. The van der Waals surface area contributed by atoms with Crippen molar-refractivity contribution in [3.63, 3.8) is 0 Å². The number of nitrogens with one attached hydrogen (secondary N) is 1. The highest BCUT2D eigenvalue weighted by atomic mass is 35.5. The Balaban J connectivity index is 1.88. The van der Waals surface area contributed by atoms with Gasteiger partial charge in [0.15, 0.2) is 5.84 Å². The first-order chi connectivity index (χ1) is 10.1. The summed E-state index contributed by atoms with van der Waals surface area (Å²) >= 11 is 6.20. The van der Waals surface area contributed by atoms with Gasteiger partial charge in [-0.25, -0.2) is 0 Å². The number of nitrogens with zero attached hydrogens (tertiary/aromatic N) is 1. The Bertz CT molecular complexity index is 508. The van der Waals surface area contributed by atoms with Crippen LogP contribution in [0.1, 0.15) is 36.8 Å². The number of hydrogen-bond donors (Lipinski definition) is 4. The number of nitrogens with two attached hydrogens (primary N) is 1. The lowest BCUT2D eigenvalue weighted by atomic mass is 9.86. The summed E-state index contributed by atoms with van der Waals surface area (Å²) in [4.78, 5) is 0. The van der Waals surface area contributed by atoms with Gasteiger partial charge in [-0.1, -0.05) is 41.7 Å². The van der Waals surface area contributed by atoms with E-state index in [9.17, 15) is 5.11 Å². The summed E-state index contributed by atoms with van der Waals surface area (Å²) in [7, 11) is 0. The molecule has 0 amide bonds. The number of aliphatic hydroxyl groups excluding tert-OH is 1. The molecule has 2 atom stereocenters. The highest BCUT2D eigenvalue weighted by Gasteiger charge is 2.22. The number of oxime groups is 1. The maximum Gasteiger partial charge on any atom is 0.170 e. The zero-order valence-electron chi connectivity index (χ0n) is 11.9. The van der Waals surface area contributed by atoms with Crippen molar-refractivity contribution in [2.75, 3.05) is 6.54 Å². The van der Waals surface area contributed by atoms with Gasteiger partial charge in [-0.05, 0) is 30.4 Å². The predicted molar refractivity (Wildman–Crippen MR) is 83.6 cm³/mol. The molecule has 1 fully saturated rings. The zero-order chi connectivity index (χ0) is 15.2. The van der Waals surface area contributed by atoms with Crippen LogP contribution in [0.4, 0.5) is 0 Å². The Morgan fingerprint density at radius 3 is 2.81 bits per heavy atom.